The van der Waals surface area contributed by atoms with Crippen molar-refractivity contribution in [2.24, 2.45) is 5.92 Å². The van der Waals surface area contributed by atoms with Crippen molar-refractivity contribution in [3.63, 3.8) is 0 Å². The van der Waals surface area contributed by atoms with Crippen LogP contribution in [-0.4, -0.2) is 22.4 Å². The van der Waals surface area contributed by atoms with Gasteiger partial charge in [-0.1, -0.05) is 18.5 Å². The molecule has 112 valence electrons. The van der Waals surface area contributed by atoms with E-state index >= 15 is 0 Å². The lowest BCUT2D eigenvalue weighted by molar-refractivity contribution is -0.0658. The van der Waals surface area contributed by atoms with Crippen molar-refractivity contribution in [1.29, 1.82) is 0 Å². The zero-order valence-corrected chi connectivity index (χ0v) is 12.4. The monoisotopic (exact) mass is 288 g/mol. The molecule has 0 radical (unpaired) electrons. The topological polar surface area (TPSA) is 68.4 Å². The molecule has 0 saturated heterocycles. The Morgan fingerprint density at radius 2 is 2.10 bits per heavy atom. The zero-order valence-electron chi connectivity index (χ0n) is 12.4. The van der Waals surface area contributed by atoms with E-state index in [0.717, 1.165) is 24.8 Å². The summed E-state index contributed by atoms with van der Waals surface area (Å²) < 4.78 is 11.2. The maximum Gasteiger partial charge on any atom is 0.258 e. The molecule has 1 N–H and O–H groups in total. The number of nitrogens with zero attached hydrogens (tertiary/aromatic N) is 2. The predicted molar refractivity (Wildman–Crippen MR) is 77.7 cm³/mol. The van der Waals surface area contributed by atoms with Crippen molar-refractivity contribution in [1.82, 2.24) is 10.1 Å². The van der Waals surface area contributed by atoms with Crippen molar-refractivity contribution in [2.75, 3.05) is 7.11 Å². The van der Waals surface area contributed by atoms with Crippen LogP contribution in [0.1, 0.15) is 38.4 Å². The Balaban J connectivity index is 1.91. The number of benzene rings is 1. The molecule has 1 aromatic heterocycles. The molecule has 0 bridgehead atoms. The molecule has 1 heterocycles. The lowest BCUT2D eigenvalue weighted by atomic mass is 9.78. The van der Waals surface area contributed by atoms with Gasteiger partial charge in [0.05, 0.1) is 0 Å². The normalized spacial score (nSPS) is 25.9. The summed E-state index contributed by atoms with van der Waals surface area (Å²) in [5.74, 6) is 1.89. The third kappa shape index (κ3) is 2.65. The van der Waals surface area contributed by atoms with Crippen molar-refractivity contribution in [3.05, 3.63) is 30.1 Å². The van der Waals surface area contributed by atoms with Gasteiger partial charge in [0.25, 0.3) is 5.89 Å². The summed E-state index contributed by atoms with van der Waals surface area (Å²) in [5.41, 5.74) is 0.359. The molecule has 2 aromatic rings. The van der Waals surface area contributed by atoms with Gasteiger partial charge >= 0.3 is 0 Å². The number of ether oxygens (including phenoxy) is 1. The average molecular weight is 288 g/mol. The first-order valence-electron chi connectivity index (χ1n) is 7.32. The Hall–Kier alpha value is -1.88. The molecule has 5 heteroatoms. The summed E-state index contributed by atoms with van der Waals surface area (Å²) in [6, 6.07) is 6.73. The maximum atomic E-state index is 9.33. The maximum absolute atomic E-state index is 9.33. The first kappa shape index (κ1) is 14.1. The number of phenols is 1. The van der Waals surface area contributed by atoms with Crippen LogP contribution in [0.5, 0.6) is 5.75 Å². The van der Waals surface area contributed by atoms with Gasteiger partial charge in [-0.05, 0) is 49.4 Å². The van der Waals surface area contributed by atoms with Gasteiger partial charge in [-0.25, -0.2) is 0 Å². The van der Waals surface area contributed by atoms with Crippen LogP contribution >= 0.6 is 0 Å². The van der Waals surface area contributed by atoms with E-state index in [1.807, 2.05) is 0 Å². The van der Waals surface area contributed by atoms with Gasteiger partial charge in [0.2, 0.25) is 5.82 Å². The van der Waals surface area contributed by atoms with Crippen LogP contribution in [0.25, 0.3) is 11.5 Å². The highest BCUT2D eigenvalue weighted by molar-refractivity contribution is 5.54. The number of aromatic nitrogens is 2. The minimum atomic E-state index is -0.434. The Kier molecular flexibility index (Phi) is 3.68. The largest absolute Gasteiger partial charge is 0.508 e. The lowest BCUT2D eigenvalue weighted by Crippen LogP contribution is -2.35. The second-order valence-corrected chi connectivity index (χ2v) is 5.87. The summed E-state index contributed by atoms with van der Waals surface area (Å²) in [7, 11) is 1.72. The van der Waals surface area contributed by atoms with Crippen LogP contribution in [0.4, 0.5) is 0 Å². The Morgan fingerprint density at radius 3 is 2.76 bits per heavy atom. The van der Waals surface area contributed by atoms with Crippen LogP contribution in [0.2, 0.25) is 0 Å². The van der Waals surface area contributed by atoms with Crippen molar-refractivity contribution in [2.45, 2.75) is 38.2 Å². The van der Waals surface area contributed by atoms with Crippen LogP contribution < -0.4 is 0 Å². The minimum absolute atomic E-state index is 0.216. The molecule has 2 unspecified atom stereocenters. The molecule has 1 aromatic carbocycles. The van der Waals surface area contributed by atoms with E-state index in [1.54, 1.807) is 31.4 Å². The summed E-state index contributed by atoms with van der Waals surface area (Å²) in [5, 5.41) is 13.5. The third-order valence-electron chi connectivity index (χ3n) is 4.29. The van der Waals surface area contributed by atoms with Crippen LogP contribution in [0, 0.1) is 5.92 Å². The van der Waals surface area contributed by atoms with Gasteiger partial charge in [-0.3, -0.25) is 0 Å². The molecule has 21 heavy (non-hydrogen) atoms. The van der Waals surface area contributed by atoms with Crippen molar-refractivity contribution < 1.29 is 14.4 Å². The summed E-state index contributed by atoms with van der Waals surface area (Å²) in [6.45, 7) is 2.23. The van der Waals surface area contributed by atoms with Crippen LogP contribution in [0.3, 0.4) is 0 Å². The molecule has 2 atom stereocenters. The van der Waals surface area contributed by atoms with Gasteiger partial charge in [-0.15, -0.1) is 0 Å². The molecule has 1 aliphatic rings. The number of hydrogen-bond donors (Lipinski definition) is 1. The van der Waals surface area contributed by atoms with Gasteiger partial charge in [0.1, 0.15) is 11.4 Å². The SMILES string of the molecule is COC1(c2noc(-c3ccc(O)cc3)n2)CCCC(C)C1. The van der Waals surface area contributed by atoms with Gasteiger partial charge in [0, 0.05) is 12.7 Å². The fraction of sp³-hybridized carbons (Fsp3) is 0.500. The third-order valence-corrected chi connectivity index (χ3v) is 4.29. The molecule has 0 amide bonds. The fourth-order valence-electron chi connectivity index (χ4n) is 3.11. The molecule has 5 nitrogen and oxygen atoms in total. The second kappa shape index (κ2) is 5.48. The highest BCUT2D eigenvalue weighted by Gasteiger charge is 2.41. The zero-order chi connectivity index (χ0) is 14.9. The standard InChI is InChI=1S/C16H20N2O3/c1-11-4-3-9-16(10-11,20-2)15-17-14(21-18-15)12-5-7-13(19)8-6-12/h5-8,11,19H,3-4,9-10H2,1-2H3. The van der Waals surface area contributed by atoms with E-state index in [9.17, 15) is 5.11 Å². The Morgan fingerprint density at radius 1 is 1.33 bits per heavy atom. The molecular formula is C16H20N2O3. The first-order chi connectivity index (χ1) is 10.1. The summed E-state index contributed by atoms with van der Waals surface area (Å²) in [4.78, 5) is 4.53. The van der Waals surface area contributed by atoms with Gasteiger partial charge in [-0.2, -0.15) is 4.98 Å². The van der Waals surface area contributed by atoms with Crippen LogP contribution in [0.15, 0.2) is 28.8 Å². The van der Waals surface area contributed by atoms with E-state index < -0.39 is 5.60 Å². The molecule has 0 aliphatic heterocycles. The quantitative estimate of drug-likeness (QED) is 0.936. The van der Waals surface area contributed by atoms with Gasteiger partial charge in [0.15, 0.2) is 0 Å². The second-order valence-electron chi connectivity index (χ2n) is 5.87. The Bertz CT molecular complexity index is 608. The number of methoxy groups -OCH3 is 1. The van der Waals surface area contributed by atoms with E-state index in [0.29, 0.717) is 17.6 Å². The minimum Gasteiger partial charge on any atom is -0.508 e. The first-order valence-corrected chi connectivity index (χ1v) is 7.32. The van der Waals surface area contributed by atoms with Crippen molar-refractivity contribution >= 4 is 0 Å². The molecular weight excluding hydrogens is 268 g/mol. The summed E-state index contributed by atoms with van der Waals surface area (Å²) >= 11 is 0. The number of hydrogen-bond acceptors (Lipinski definition) is 5. The van der Waals surface area contributed by atoms with E-state index in [2.05, 4.69) is 17.1 Å². The molecule has 1 saturated carbocycles. The molecule has 0 spiro atoms. The molecule has 1 aliphatic carbocycles. The fourth-order valence-corrected chi connectivity index (χ4v) is 3.11. The average Bonchev–Trinajstić information content (AvgIpc) is 2.98. The van der Waals surface area contributed by atoms with Crippen molar-refractivity contribution in [3.8, 4) is 17.2 Å². The van der Waals surface area contributed by atoms with E-state index in [1.165, 1.54) is 6.42 Å². The lowest BCUT2D eigenvalue weighted by Gasteiger charge is -2.36. The van der Waals surface area contributed by atoms with E-state index in [4.69, 9.17) is 9.26 Å². The number of aromatic hydroxyl groups is 1. The Labute approximate surface area is 123 Å². The predicted octanol–water partition coefficient (Wildman–Crippen LogP) is 3.49. The highest BCUT2D eigenvalue weighted by Crippen LogP contribution is 2.41. The smallest absolute Gasteiger partial charge is 0.258 e. The van der Waals surface area contributed by atoms with Gasteiger partial charge < -0.3 is 14.4 Å². The number of rotatable bonds is 3. The number of phenolic OH excluding ortho intramolecular Hbond substituents is 1. The highest BCUT2D eigenvalue weighted by atomic mass is 16.5. The summed E-state index contributed by atoms with van der Waals surface area (Å²) in [6.07, 6.45) is 4.16. The molecule has 3 rings (SSSR count). The molecule has 1 fully saturated rings. The van der Waals surface area contributed by atoms with E-state index in [-0.39, 0.29) is 5.75 Å². The van der Waals surface area contributed by atoms with Crippen LogP contribution in [-0.2, 0) is 10.3 Å².